The second-order valence-electron chi connectivity index (χ2n) is 4.00. The third kappa shape index (κ3) is 4.97. The van der Waals surface area contributed by atoms with Gasteiger partial charge in [0, 0.05) is 5.88 Å². The van der Waals surface area contributed by atoms with Crippen LogP contribution in [0.2, 0.25) is 0 Å². The summed E-state index contributed by atoms with van der Waals surface area (Å²) in [5.74, 6) is 2.02. The van der Waals surface area contributed by atoms with Crippen molar-refractivity contribution in [2.24, 2.45) is 0 Å². The van der Waals surface area contributed by atoms with Crippen molar-refractivity contribution in [3.8, 4) is 5.75 Å². The summed E-state index contributed by atoms with van der Waals surface area (Å²) in [5, 5.41) is 0. The zero-order valence-corrected chi connectivity index (χ0v) is 11.4. The summed E-state index contributed by atoms with van der Waals surface area (Å²) in [6, 6.07) is 8.20. The number of halogens is 1. The summed E-state index contributed by atoms with van der Waals surface area (Å²) in [6.07, 6.45) is 1.11. The van der Waals surface area contributed by atoms with Gasteiger partial charge in [0.15, 0.2) is 0 Å². The maximum absolute atomic E-state index is 5.74. The molecule has 1 aromatic rings. The molecular weight excluding hydrogens is 236 g/mol. The summed E-state index contributed by atoms with van der Waals surface area (Å²) in [5.41, 5.74) is 1.27. The Morgan fingerprint density at radius 1 is 1.18 bits per heavy atom. The van der Waals surface area contributed by atoms with Gasteiger partial charge in [-0.1, -0.05) is 32.0 Å². The van der Waals surface area contributed by atoms with Crippen molar-refractivity contribution in [3.63, 3.8) is 0 Å². The average Bonchev–Trinajstić information content (AvgIpc) is 2.38. The quantitative estimate of drug-likeness (QED) is 0.520. The van der Waals surface area contributed by atoms with Crippen LogP contribution in [-0.4, -0.2) is 25.7 Å². The lowest BCUT2D eigenvalue weighted by molar-refractivity contribution is 0.111. The number of benzene rings is 1. The molecule has 96 valence electrons. The fraction of sp³-hybridized carbons (Fsp3) is 0.571. The van der Waals surface area contributed by atoms with Crippen molar-refractivity contribution in [1.29, 1.82) is 0 Å². The van der Waals surface area contributed by atoms with E-state index >= 15 is 0 Å². The molecule has 0 aliphatic carbocycles. The second-order valence-corrected chi connectivity index (χ2v) is 4.37. The maximum Gasteiger partial charge on any atom is 0.122 e. The molecule has 0 amide bonds. The Balaban J connectivity index is 2.46. The molecule has 2 nitrogen and oxygen atoms in total. The molecule has 0 heterocycles. The molecule has 0 saturated carbocycles. The average molecular weight is 257 g/mol. The van der Waals surface area contributed by atoms with Crippen molar-refractivity contribution < 1.29 is 9.47 Å². The van der Waals surface area contributed by atoms with E-state index in [2.05, 4.69) is 26.0 Å². The topological polar surface area (TPSA) is 18.5 Å². The molecule has 17 heavy (non-hydrogen) atoms. The minimum absolute atomic E-state index is 0.523. The molecule has 1 unspecified atom stereocenters. The van der Waals surface area contributed by atoms with E-state index in [9.17, 15) is 0 Å². The molecule has 3 heteroatoms. The highest BCUT2D eigenvalue weighted by Crippen LogP contribution is 2.28. The van der Waals surface area contributed by atoms with Crippen LogP contribution in [0.15, 0.2) is 24.3 Å². The molecule has 0 radical (unpaired) electrons. The fourth-order valence-electron chi connectivity index (χ4n) is 1.61. The van der Waals surface area contributed by atoms with E-state index < -0.39 is 0 Å². The molecule has 0 fully saturated rings. The van der Waals surface area contributed by atoms with E-state index in [0.717, 1.165) is 12.2 Å². The lowest BCUT2D eigenvalue weighted by atomic mass is 9.98. The lowest BCUT2D eigenvalue weighted by Gasteiger charge is -2.15. The van der Waals surface area contributed by atoms with Crippen LogP contribution in [0.25, 0.3) is 0 Å². The van der Waals surface area contributed by atoms with Crippen LogP contribution >= 0.6 is 11.6 Å². The van der Waals surface area contributed by atoms with Gasteiger partial charge < -0.3 is 9.47 Å². The summed E-state index contributed by atoms with van der Waals surface area (Å²) in [7, 11) is 0. The SMILES string of the molecule is CCC(C)c1ccccc1OCCOCCCl. The standard InChI is InChI=1S/C14H21ClO2/c1-3-12(2)13-6-4-5-7-14(13)17-11-10-16-9-8-15/h4-7,12H,3,8-11H2,1-2H3. The third-order valence-corrected chi connectivity index (χ3v) is 2.92. The lowest BCUT2D eigenvalue weighted by Crippen LogP contribution is -2.09. The maximum atomic E-state index is 5.74. The molecule has 0 aliphatic heterocycles. The van der Waals surface area contributed by atoms with Gasteiger partial charge in [0.25, 0.3) is 0 Å². The molecule has 1 aromatic carbocycles. The van der Waals surface area contributed by atoms with Gasteiger partial charge in [-0.25, -0.2) is 0 Å². The van der Waals surface area contributed by atoms with Crippen LogP contribution in [-0.2, 0) is 4.74 Å². The van der Waals surface area contributed by atoms with E-state index in [1.165, 1.54) is 5.56 Å². The molecule has 0 aliphatic rings. The fourth-order valence-corrected chi connectivity index (χ4v) is 1.72. The van der Waals surface area contributed by atoms with Crippen LogP contribution < -0.4 is 4.74 Å². The highest BCUT2D eigenvalue weighted by atomic mass is 35.5. The Morgan fingerprint density at radius 2 is 1.94 bits per heavy atom. The molecular formula is C14H21ClO2. The zero-order valence-electron chi connectivity index (χ0n) is 10.6. The molecule has 0 saturated heterocycles. The van der Waals surface area contributed by atoms with Gasteiger partial charge in [0.2, 0.25) is 0 Å². The molecule has 1 atom stereocenters. The van der Waals surface area contributed by atoms with Crippen LogP contribution in [0.3, 0.4) is 0 Å². The summed E-state index contributed by atoms with van der Waals surface area (Å²) in [4.78, 5) is 0. The van der Waals surface area contributed by atoms with E-state index in [0.29, 0.717) is 31.6 Å². The first-order valence-electron chi connectivity index (χ1n) is 6.15. The van der Waals surface area contributed by atoms with E-state index in [-0.39, 0.29) is 0 Å². The number of hydrogen-bond donors (Lipinski definition) is 0. The largest absolute Gasteiger partial charge is 0.491 e. The van der Waals surface area contributed by atoms with Gasteiger partial charge in [0.05, 0.1) is 13.2 Å². The Labute approximate surface area is 109 Å². The van der Waals surface area contributed by atoms with Crippen LogP contribution in [0, 0.1) is 0 Å². The first kappa shape index (κ1) is 14.3. The number of hydrogen-bond acceptors (Lipinski definition) is 2. The van der Waals surface area contributed by atoms with Gasteiger partial charge in [-0.15, -0.1) is 11.6 Å². The Morgan fingerprint density at radius 3 is 2.65 bits per heavy atom. The predicted molar refractivity (Wildman–Crippen MR) is 72.2 cm³/mol. The number of para-hydroxylation sites is 1. The molecule has 1 rings (SSSR count). The van der Waals surface area contributed by atoms with E-state index in [4.69, 9.17) is 21.1 Å². The predicted octanol–water partition coefficient (Wildman–Crippen LogP) is 3.83. The van der Waals surface area contributed by atoms with Gasteiger partial charge >= 0.3 is 0 Å². The van der Waals surface area contributed by atoms with Crippen molar-refractivity contribution >= 4 is 11.6 Å². The van der Waals surface area contributed by atoms with Crippen molar-refractivity contribution in [2.75, 3.05) is 25.7 Å². The molecule has 0 bridgehead atoms. The minimum atomic E-state index is 0.523. The molecule has 0 aromatic heterocycles. The summed E-state index contributed by atoms with van der Waals surface area (Å²) < 4.78 is 11.0. The minimum Gasteiger partial charge on any atom is -0.491 e. The second kappa shape index (κ2) is 8.37. The number of rotatable bonds is 8. The number of alkyl halides is 1. The Bertz CT molecular complexity index is 315. The summed E-state index contributed by atoms with van der Waals surface area (Å²) in [6.45, 7) is 6.14. The van der Waals surface area contributed by atoms with Gasteiger partial charge in [-0.05, 0) is 24.0 Å². The highest BCUT2D eigenvalue weighted by molar-refractivity contribution is 6.17. The van der Waals surface area contributed by atoms with Crippen molar-refractivity contribution in [2.45, 2.75) is 26.2 Å². The normalized spacial score (nSPS) is 12.4. The molecule has 0 spiro atoms. The van der Waals surface area contributed by atoms with Gasteiger partial charge in [-0.3, -0.25) is 0 Å². The van der Waals surface area contributed by atoms with Crippen molar-refractivity contribution in [3.05, 3.63) is 29.8 Å². The van der Waals surface area contributed by atoms with Crippen LogP contribution in [0.5, 0.6) is 5.75 Å². The highest BCUT2D eigenvalue weighted by Gasteiger charge is 2.08. The monoisotopic (exact) mass is 256 g/mol. The summed E-state index contributed by atoms with van der Waals surface area (Å²) >= 11 is 5.52. The Kier molecular flexibility index (Phi) is 7.06. The van der Waals surface area contributed by atoms with E-state index in [1.54, 1.807) is 0 Å². The first-order valence-corrected chi connectivity index (χ1v) is 6.68. The molecule has 0 N–H and O–H groups in total. The third-order valence-electron chi connectivity index (χ3n) is 2.77. The first-order chi connectivity index (χ1) is 8.29. The zero-order chi connectivity index (χ0) is 12.5. The van der Waals surface area contributed by atoms with E-state index in [1.807, 2.05) is 12.1 Å². The van der Waals surface area contributed by atoms with Crippen LogP contribution in [0.4, 0.5) is 0 Å². The van der Waals surface area contributed by atoms with Gasteiger partial charge in [0.1, 0.15) is 12.4 Å². The van der Waals surface area contributed by atoms with Crippen molar-refractivity contribution in [1.82, 2.24) is 0 Å². The van der Waals surface area contributed by atoms with Gasteiger partial charge in [-0.2, -0.15) is 0 Å². The number of ether oxygens (including phenoxy) is 2. The smallest absolute Gasteiger partial charge is 0.122 e. The van der Waals surface area contributed by atoms with Crippen LogP contribution in [0.1, 0.15) is 31.7 Å². The Hall–Kier alpha value is -0.730.